The Kier molecular flexibility index (Phi) is 5.04. The first-order valence-corrected chi connectivity index (χ1v) is 7.84. The van der Waals surface area contributed by atoms with E-state index in [9.17, 15) is 18.0 Å². The van der Waals surface area contributed by atoms with Gasteiger partial charge in [-0.25, -0.2) is 0 Å². The molecule has 1 aromatic heterocycles. The summed E-state index contributed by atoms with van der Waals surface area (Å²) in [5.41, 5.74) is 4.65. The first-order chi connectivity index (χ1) is 12.7. The van der Waals surface area contributed by atoms with Gasteiger partial charge in [-0.2, -0.15) is 18.2 Å². The number of rotatable bonds is 5. The molecule has 27 heavy (non-hydrogen) atoms. The molecule has 0 fully saturated rings. The van der Waals surface area contributed by atoms with Crippen LogP contribution in [0.2, 0.25) is 5.02 Å². The summed E-state index contributed by atoms with van der Waals surface area (Å²) < 4.78 is 48.8. The number of nitrogens with two attached hydrogens (primary N) is 1. The summed E-state index contributed by atoms with van der Waals surface area (Å²) in [6.45, 7) is -0.214. The fraction of sp³-hybridized carbons (Fsp3) is 0.118. The van der Waals surface area contributed by atoms with E-state index in [1.807, 2.05) is 0 Å². The van der Waals surface area contributed by atoms with Crippen LogP contribution in [0, 0.1) is 0 Å². The number of carbonyl (C=O) groups excluding carboxylic acids is 1. The fourth-order valence-corrected chi connectivity index (χ4v) is 2.40. The molecule has 0 spiro atoms. The summed E-state index contributed by atoms with van der Waals surface area (Å²) in [5, 5.41) is 3.95. The zero-order valence-electron chi connectivity index (χ0n) is 13.5. The summed E-state index contributed by atoms with van der Waals surface area (Å²) in [4.78, 5) is 15.4. The van der Waals surface area contributed by atoms with Gasteiger partial charge in [0.15, 0.2) is 6.61 Å². The molecule has 10 heteroatoms. The molecule has 140 valence electrons. The number of nitrogens with zero attached hydrogens (tertiary/aromatic N) is 2. The van der Waals surface area contributed by atoms with Crippen LogP contribution in [0.25, 0.3) is 11.4 Å². The highest BCUT2D eigenvalue weighted by Crippen LogP contribution is 2.31. The molecule has 2 aromatic carbocycles. The van der Waals surface area contributed by atoms with Gasteiger partial charge in [0.1, 0.15) is 5.75 Å². The molecule has 3 rings (SSSR count). The second kappa shape index (κ2) is 7.28. The Hall–Kier alpha value is -3.07. The number of benzene rings is 2. The second-order valence-electron chi connectivity index (χ2n) is 5.38. The molecule has 0 saturated carbocycles. The second-order valence-corrected chi connectivity index (χ2v) is 5.82. The zero-order valence-corrected chi connectivity index (χ0v) is 14.2. The van der Waals surface area contributed by atoms with Gasteiger partial charge in [0.05, 0.1) is 11.1 Å². The van der Waals surface area contributed by atoms with Crippen molar-refractivity contribution in [1.29, 1.82) is 0 Å². The molecular weight excluding hydrogens is 387 g/mol. The molecule has 0 atom stereocenters. The third-order valence-corrected chi connectivity index (χ3v) is 3.71. The summed E-state index contributed by atoms with van der Waals surface area (Å²) in [6, 6.07) is 8.84. The quantitative estimate of drug-likeness (QED) is 0.700. The Morgan fingerprint density at radius 2 is 2.00 bits per heavy atom. The van der Waals surface area contributed by atoms with E-state index in [2.05, 4.69) is 10.1 Å². The maximum absolute atomic E-state index is 12.8. The maximum atomic E-state index is 12.8. The molecule has 1 amide bonds. The summed E-state index contributed by atoms with van der Waals surface area (Å²) in [7, 11) is 0. The average Bonchev–Trinajstić information content (AvgIpc) is 3.09. The van der Waals surface area contributed by atoms with Gasteiger partial charge < -0.3 is 15.0 Å². The van der Waals surface area contributed by atoms with Crippen LogP contribution in [0.4, 0.5) is 13.2 Å². The highest BCUT2D eigenvalue weighted by atomic mass is 35.5. The number of aromatic nitrogens is 2. The van der Waals surface area contributed by atoms with Crippen LogP contribution < -0.4 is 10.5 Å². The Balaban J connectivity index is 1.77. The van der Waals surface area contributed by atoms with E-state index in [1.165, 1.54) is 30.3 Å². The fourth-order valence-electron chi connectivity index (χ4n) is 2.23. The summed E-state index contributed by atoms with van der Waals surface area (Å²) in [6.07, 6.45) is -4.48. The molecule has 3 aromatic rings. The number of hydrogen-bond donors (Lipinski definition) is 1. The summed E-state index contributed by atoms with van der Waals surface area (Å²) >= 11 is 5.81. The largest absolute Gasteiger partial charge is 0.483 e. The van der Waals surface area contributed by atoms with Crippen LogP contribution in [0.1, 0.15) is 21.8 Å². The van der Waals surface area contributed by atoms with Gasteiger partial charge in [0.2, 0.25) is 5.82 Å². The molecule has 6 nitrogen and oxygen atoms in total. The van der Waals surface area contributed by atoms with Crippen molar-refractivity contribution < 1.29 is 27.2 Å². The number of hydrogen-bond acceptors (Lipinski definition) is 5. The topological polar surface area (TPSA) is 91.2 Å². The predicted molar refractivity (Wildman–Crippen MR) is 89.0 cm³/mol. The molecule has 0 aliphatic heterocycles. The highest BCUT2D eigenvalue weighted by Gasteiger charge is 2.30. The summed E-state index contributed by atoms with van der Waals surface area (Å²) in [5.74, 6) is -0.591. The van der Waals surface area contributed by atoms with Gasteiger partial charge in [-0.15, -0.1) is 0 Å². The van der Waals surface area contributed by atoms with E-state index in [0.29, 0.717) is 5.02 Å². The zero-order chi connectivity index (χ0) is 19.6. The van der Waals surface area contributed by atoms with Crippen molar-refractivity contribution in [3.8, 4) is 17.1 Å². The normalized spacial score (nSPS) is 11.4. The SMILES string of the molecule is NC(=O)c1cc(Cl)ccc1OCc1nc(-c2cccc(C(F)(F)F)c2)no1. The third kappa shape index (κ3) is 4.37. The van der Waals surface area contributed by atoms with Gasteiger partial charge in [-0.05, 0) is 30.3 Å². The first kappa shape index (κ1) is 18.7. The number of ether oxygens (including phenoxy) is 1. The lowest BCUT2D eigenvalue weighted by molar-refractivity contribution is -0.137. The third-order valence-electron chi connectivity index (χ3n) is 3.47. The average molecular weight is 398 g/mol. The van der Waals surface area contributed by atoms with E-state index < -0.39 is 17.6 Å². The lowest BCUT2D eigenvalue weighted by Gasteiger charge is -2.07. The minimum absolute atomic E-state index is 0.00721. The molecule has 0 bridgehead atoms. The number of alkyl halides is 3. The van der Waals surface area contributed by atoms with Crippen molar-refractivity contribution in [2.75, 3.05) is 0 Å². The van der Waals surface area contributed by atoms with E-state index in [4.69, 9.17) is 26.6 Å². The predicted octanol–water partition coefficient (Wildman–Crippen LogP) is 4.09. The van der Waals surface area contributed by atoms with Gasteiger partial charge in [0.25, 0.3) is 11.8 Å². The molecule has 2 N–H and O–H groups in total. The van der Waals surface area contributed by atoms with Crippen molar-refractivity contribution in [1.82, 2.24) is 10.1 Å². The van der Waals surface area contributed by atoms with E-state index in [1.54, 1.807) is 0 Å². The minimum atomic E-state index is -4.48. The molecule has 0 radical (unpaired) electrons. The van der Waals surface area contributed by atoms with Crippen LogP contribution in [-0.4, -0.2) is 16.0 Å². The molecule has 0 aliphatic rings. The van der Waals surface area contributed by atoms with Crippen LogP contribution in [0.5, 0.6) is 5.75 Å². The van der Waals surface area contributed by atoms with Crippen LogP contribution in [0.3, 0.4) is 0 Å². The lowest BCUT2D eigenvalue weighted by Crippen LogP contribution is -2.13. The van der Waals surface area contributed by atoms with Crippen LogP contribution in [-0.2, 0) is 12.8 Å². The van der Waals surface area contributed by atoms with Gasteiger partial charge in [-0.1, -0.05) is 28.9 Å². The van der Waals surface area contributed by atoms with Crippen molar-refractivity contribution in [3.05, 3.63) is 64.5 Å². The molecule has 0 aliphatic carbocycles. The number of halogens is 4. The Morgan fingerprint density at radius 1 is 1.22 bits per heavy atom. The lowest BCUT2D eigenvalue weighted by atomic mass is 10.1. The smallest absolute Gasteiger partial charge is 0.416 e. The molecular formula is C17H11ClF3N3O3. The highest BCUT2D eigenvalue weighted by molar-refractivity contribution is 6.31. The Bertz CT molecular complexity index is 989. The van der Waals surface area contributed by atoms with E-state index in [-0.39, 0.29) is 35.2 Å². The number of carbonyl (C=O) groups is 1. The van der Waals surface area contributed by atoms with E-state index >= 15 is 0 Å². The van der Waals surface area contributed by atoms with Crippen molar-refractivity contribution in [2.24, 2.45) is 5.73 Å². The van der Waals surface area contributed by atoms with Crippen LogP contribution >= 0.6 is 11.6 Å². The number of amides is 1. The maximum Gasteiger partial charge on any atom is 0.416 e. The Labute approximate surface area is 155 Å². The minimum Gasteiger partial charge on any atom is -0.483 e. The van der Waals surface area contributed by atoms with Gasteiger partial charge in [-0.3, -0.25) is 4.79 Å². The van der Waals surface area contributed by atoms with Gasteiger partial charge >= 0.3 is 6.18 Å². The van der Waals surface area contributed by atoms with Crippen molar-refractivity contribution in [2.45, 2.75) is 12.8 Å². The molecule has 1 heterocycles. The van der Waals surface area contributed by atoms with Crippen molar-refractivity contribution in [3.63, 3.8) is 0 Å². The van der Waals surface area contributed by atoms with Crippen LogP contribution in [0.15, 0.2) is 47.0 Å². The molecule has 0 saturated heterocycles. The number of primary amides is 1. The first-order valence-electron chi connectivity index (χ1n) is 7.46. The standard InChI is InChI=1S/C17H11ClF3N3O3/c18-11-4-5-13(12(7-11)15(22)25)26-8-14-23-16(24-27-14)9-2-1-3-10(6-9)17(19,20)21/h1-7H,8H2,(H2,22,25). The Morgan fingerprint density at radius 3 is 2.70 bits per heavy atom. The van der Waals surface area contributed by atoms with Gasteiger partial charge in [0, 0.05) is 10.6 Å². The van der Waals surface area contributed by atoms with Crippen molar-refractivity contribution >= 4 is 17.5 Å². The van der Waals surface area contributed by atoms with E-state index in [0.717, 1.165) is 12.1 Å². The molecule has 0 unspecified atom stereocenters. The monoisotopic (exact) mass is 397 g/mol.